The predicted octanol–water partition coefficient (Wildman–Crippen LogP) is 4.84. The van der Waals surface area contributed by atoms with Crippen molar-refractivity contribution in [3.8, 4) is 0 Å². The molecule has 138 valence electrons. The van der Waals surface area contributed by atoms with Crippen LogP contribution in [-0.4, -0.2) is 31.6 Å². The van der Waals surface area contributed by atoms with Gasteiger partial charge in [-0.25, -0.2) is 0 Å². The van der Waals surface area contributed by atoms with E-state index in [-0.39, 0.29) is 23.2 Å². The van der Waals surface area contributed by atoms with Crippen molar-refractivity contribution in [2.45, 2.75) is 19.1 Å². The van der Waals surface area contributed by atoms with E-state index in [2.05, 4.69) is 78.3 Å². The minimum Gasteiger partial charge on any atom is -0.375 e. The summed E-state index contributed by atoms with van der Waals surface area (Å²) in [6, 6.07) is 10.7. The third-order valence-corrected chi connectivity index (χ3v) is 4.78. The van der Waals surface area contributed by atoms with E-state index in [0.29, 0.717) is 6.04 Å². The number of hydrogen-bond acceptors (Lipinski definition) is 2. The number of nitrogens with zero attached hydrogens (tertiary/aromatic N) is 1. The van der Waals surface area contributed by atoms with Crippen LogP contribution in [-0.2, 0) is 21.8 Å². The molecule has 2 aliphatic rings. The minimum atomic E-state index is 0. The van der Waals surface area contributed by atoms with E-state index in [9.17, 15) is 0 Å². The quantitative estimate of drug-likeness (QED) is 0.569. The van der Waals surface area contributed by atoms with Crippen LogP contribution in [0, 0.1) is 62.1 Å². The second-order valence-electron chi connectivity index (χ2n) is 6.12. The largest absolute Gasteiger partial charge is 2.00 e. The molecule has 0 aromatic heterocycles. The third-order valence-electron chi connectivity index (χ3n) is 4.28. The second-order valence-corrected chi connectivity index (χ2v) is 7.04. The van der Waals surface area contributed by atoms with Gasteiger partial charge in [0.05, 0.1) is 6.10 Å². The fourth-order valence-corrected chi connectivity index (χ4v) is 3.22. The van der Waals surface area contributed by atoms with E-state index in [1.54, 1.807) is 7.11 Å². The monoisotopic (exact) mass is 455 g/mol. The van der Waals surface area contributed by atoms with Crippen LogP contribution < -0.4 is 0 Å². The fraction of sp³-hybridized carbons (Fsp3) is 0.273. The number of likely N-dealkylation sites (N-methyl/N-ethyl adjacent to an activating group) is 1. The van der Waals surface area contributed by atoms with Crippen molar-refractivity contribution < 1.29 is 21.8 Å². The first-order chi connectivity index (χ1) is 12.1. The van der Waals surface area contributed by atoms with E-state index >= 15 is 0 Å². The standard InChI is InChI=1S/C17H21BrNO.C5H5.Fe/c1-13(17(20-3)15-7-5-4-6-8-15)19(2)12-14-9-10-16(18)11-14;1-2-4-5-3-1;/h4-11,13,17H,12H2,1-3H3;1-5H;/q;;+2/t13-,17-;;/m0../s1. The number of benzene rings is 1. The molecule has 10 radical (unpaired) electrons. The maximum Gasteiger partial charge on any atom is 2.00 e. The summed E-state index contributed by atoms with van der Waals surface area (Å²) in [5, 5.41) is 0. The fourth-order valence-electron chi connectivity index (χ4n) is 2.80. The van der Waals surface area contributed by atoms with Gasteiger partial charge in [-0.15, -0.1) is 0 Å². The Morgan fingerprint density at radius 3 is 2.04 bits per heavy atom. The maximum atomic E-state index is 5.71. The van der Waals surface area contributed by atoms with E-state index in [1.165, 1.54) is 11.5 Å². The van der Waals surface area contributed by atoms with Crippen LogP contribution in [0.25, 0.3) is 0 Å². The van der Waals surface area contributed by atoms with Crippen molar-refractivity contribution in [2.24, 2.45) is 0 Å². The SMILES string of the molecule is CO[C@H](c1ccccc1)[C@H](C)N(C)C[C]1[CH][CH][C](Br)[CH]1.[CH]1[CH][CH][CH][CH]1.[Fe+2]. The zero-order valence-corrected chi connectivity index (χ0v) is 18.1. The Morgan fingerprint density at radius 1 is 1.00 bits per heavy atom. The predicted molar refractivity (Wildman–Crippen MR) is 108 cm³/mol. The summed E-state index contributed by atoms with van der Waals surface area (Å²) in [5.74, 6) is 1.31. The molecule has 1 aromatic rings. The second kappa shape index (κ2) is 13.3. The molecule has 26 heavy (non-hydrogen) atoms. The number of methoxy groups -OCH3 is 1. The number of hydrogen-bond donors (Lipinski definition) is 0. The van der Waals surface area contributed by atoms with E-state index in [4.69, 9.17) is 4.74 Å². The molecule has 4 heteroatoms. The summed E-state index contributed by atoms with van der Waals surface area (Å²) >= 11 is 3.50. The van der Waals surface area contributed by atoms with E-state index < -0.39 is 0 Å². The zero-order valence-electron chi connectivity index (χ0n) is 15.5. The molecule has 2 fully saturated rings. The summed E-state index contributed by atoms with van der Waals surface area (Å²) in [5.41, 5.74) is 1.22. The van der Waals surface area contributed by atoms with Crippen molar-refractivity contribution >= 4 is 15.9 Å². The molecule has 2 nitrogen and oxygen atoms in total. The molecule has 0 unspecified atom stereocenters. The number of ether oxygens (including phenoxy) is 1. The van der Waals surface area contributed by atoms with Crippen molar-refractivity contribution in [1.29, 1.82) is 0 Å². The van der Waals surface area contributed by atoms with E-state index in [0.717, 1.165) is 11.4 Å². The molecule has 0 spiro atoms. The van der Waals surface area contributed by atoms with Crippen LogP contribution in [0.15, 0.2) is 30.3 Å². The Hall–Kier alpha value is 0.139. The summed E-state index contributed by atoms with van der Waals surface area (Å²) in [4.78, 5) is 3.46. The molecule has 2 saturated carbocycles. The third kappa shape index (κ3) is 8.02. The Balaban J connectivity index is 0.000000486. The van der Waals surface area contributed by atoms with Gasteiger partial charge in [0.2, 0.25) is 0 Å². The van der Waals surface area contributed by atoms with Crippen LogP contribution >= 0.6 is 15.9 Å². The molecule has 0 amide bonds. The topological polar surface area (TPSA) is 12.5 Å². The van der Waals surface area contributed by atoms with Gasteiger partial charge >= 0.3 is 17.1 Å². The van der Waals surface area contributed by atoms with Gasteiger partial charge < -0.3 is 9.64 Å². The van der Waals surface area contributed by atoms with Crippen LogP contribution in [0.5, 0.6) is 0 Å². The van der Waals surface area contributed by atoms with Gasteiger partial charge in [-0.1, -0.05) is 46.3 Å². The normalized spacial score (nSPS) is 20.3. The van der Waals surface area contributed by atoms with Gasteiger partial charge in [0.25, 0.3) is 0 Å². The Kier molecular flexibility index (Phi) is 12.4. The molecule has 0 aliphatic heterocycles. The summed E-state index contributed by atoms with van der Waals surface area (Å²) in [6.07, 6.45) is 16.5. The first kappa shape index (κ1) is 24.2. The Labute approximate surface area is 180 Å². The first-order valence-corrected chi connectivity index (χ1v) is 9.27. The number of rotatable bonds is 6. The van der Waals surface area contributed by atoms with Crippen molar-refractivity contribution in [3.63, 3.8) is 0 Å². The average Bonchev–Trinajstić information content (AvgIpc) is 3.31. The molecular formula is C22H26BrFeNO+2. The maximum absolute atomic E-state index is 5.71. The van der Waals surface area contributed by atoms with Crippen molar-refractivity contribution in [1.82, 2.24) is 4.90 Å². The molecule has 2 atom stereocenters. The van der Waals surface area contributed by atoms with Gasteiger partial charge in [-0.05, 0) is 76.8 Å². The first-order valence-electron chi connectivity index (χ1n) is 8.47. The van der Waals surface area contributed by atoms with Gasteiger partial charge in [0.15, 0.2) is 0 Å². The molecule has 1 aromatic carbocycles. The minimum absolute atomic E-state index is 0. The van der Waals surface area contributed by atoms with Crippen LogP contribution in [0.4, 0.5) is 0 Å². The molecule has 0 heterocycles. The van der Waals surface area contributed by atoms with Crippen LogP contribution in [0.3, 0.4) is 0 Å². The Morgan fingerprint density at radius 2 is 1.58 bits per heavy atom. The van der Waals surface area contributed by atoms with Gasteiger partial charge in [-0.3, -0.25) is 0 Å². The van der Waals surface area contributed by atoms with Gasteiger partial charge in [0, 0.05) is 24.5 Å². The van der Waals surface area contributed by atoms with Crippen molar-refractivity contribution in [3.05, 3.63) is 98.0 Å². The molecule has 0 N–H and O–H groups in total. The van der Waals surface area contributed by atoms with Gasteiger partial charge in [0.1, 0.15) is 0 Å². The van der Waals surface area contributed by atoms with Crippen LogP contribution in [0.1, 0.15) is 18.6 Å². The van der Waals surface area contributed by atoms with Crippen molar-refractivity contribution in [2.75, 3.05) is 20.7 Å². The molecule has 2 aliphatic carbocycles. The van der Waals surface area contributed by atoms with E-state index in [1.807, 2.05) is 38.2 Å². The molecule has 0 saturated heterocycles. The van der Waals surface area contributed by atoms with Gasteiger partial charge in [-0.2, -0.15) is 0 Å². The molecule has 3 rings (SSSR count). The summed E-state index contributed by atoms with van der Waals surface area (Å²) in [7, 11) is 3.92. The Bertz CT molecular complexity index is 461. The molecule has 0 bridgehead atoms. The zero-order chi connectivity index (χ0) is 18.1. The molecular weight excluding hydrogens is 430 g/mol. The smallest absolute Gasteiger partial charge is 0.375 e. The van der Waals surface area contributed by atoms with Crippen LogP contribution in [0.2, 0.25) is 0 Å². The number of halogens is 1. The summed E-state index contributed by atoms with van der Waals surface area (Å²) < 4.78 is 5.71. The average molecular weight is 456 g/mol. The summed E-state index contributed by atoms with van der Waals surface area (Å²) in [6.45, 7) is 3.12.